The second-order valence-corrected chi connectivity index (χ2v) is 4.63. The number of thiocarbonyl (C=S) groups is 1. The lowest BCUT2D eigenvalue weighted by atomic mass is 10.1. The Morgan fingerprint density at radius 2 is 2.10 bits per heavy atom. The minimum absolute atomic E-state index is 0.236. The van der Waals surface area contributed by atoms with Crippen LogP contribution in [0.5, 0.6) is 11.5 Å². The molecule has 0 aromatic heterocycles. The maximum Gasteiger partial charge on any atom is 0.273 e. The zero-order valence-electron chi connectivity index (χ0n) is 11.4. The molecule has 0 atom stereocenters. The van der Waals surface area contributed by atoms with E-state index in [-0.39, 0.29) is 5.91 Å². The molecule has 0 bridgehead atoms. The van der Waals surface area contributed by atoms with Crippen LogP contribution in [0.2, 0.25) is 0 Å². The Bertz CT molecular complexity index is 570. The number of hydrogen-bond acceptors (Lipinski definition) is 4. The molecular formula is C14H16N2O3S. The molecule has 2 rings (SSSR count). The summed E-state index contributed by atoms with van der Waals surface area (Å²) in [7, 11) is 1.58. The molecule has 5 nitrogen and oxygen atoms in total. The monoisotopic (exact) mass is 292 g/mol. The van der Waals surface area contributed by atoms with Crippen molar-refractivity contribution in [3.05, 3.63) is 29.5 Å². The highest BCUT2D eigenvalue weighted by Gasteiger charge is 2.20. The van der Waals surface area contributed by atoms with Crippen molar-refractivity contribution in [1.29, 1.82) is 0 Å². The van der Waals surface area contributed by atoms with E-state index in [0.29, 0.717) is 28.9 Å². The number of methoxy groups -OCH3 is 1. The van der Waals surface area contributed by atoms with Crippen LogP contribution in [0.4, 0.5) is 0 Å². The number of carbonyl (C=O) groups is 1. The van der Waals surface area contributed by atoms with Gasteiger partial charge in [0.2, 0.25) is 0 Å². The van der Waals surface area contributed by atoms with Crippen molar-refractivity contribution in [2.24, 2.45) is 0 Å². The highest BCUT2D eigenvalue weighted by Crippen LogP contribution is 2.29. The molecule has 0 saturated carbocycles. The van der Waals surface area contributed by atoms with Crippen LogP contribution in [-0.2, 0) is 4.79 Å². The van der Waals surface area contributed by atoms with E-state index in [9.17, 15) is 4.79 Å². The van der Waals surface area contributed by atoms with Crippen LogP contribution >= 0.6 is 12.2 Å². The quantitative estimate of drug-likeness (QED) is 0.640. The summed E-state index contributed by atoms with van der Waals surface area (Å²) in [4.78, 5) is 11.6. The van der Waals surface area contributed by atoms with Crippen molar-refractivity contribution < 1.29 is 14.3 Å². The van der Waals surface area contributed by atoms with E-state index in [4.69, 9.17) is 21.7 Å². The zero-order valence-corrected chi connectivity index (χ0v) is 12.2. The smallest absolute Gasteiger partial charge is 0.273 e. The first-order valence-electron chi connectivity index (χ1n) is 6.29. The first-order chi connectivity index (χ1) is 9.63. The van der Waals surface area contributed by atoms with Gasteiger partial charge >= 0.3 is 0 Å². The average Bonchev–Trinajstić information content (AvgIpc) is 2.75. The molecule has 1 heterocycles. The number of ether oxygens (including phenoxy) is 2. The van der Waals surface area contributed by atoms with Crippen molar-refractivity contribution in [1.82, 2.24) is 10.6 Å². The Balaban J connectivity index is 2.23. The third-order valence-corrected chi connectivity index (χ3v) is 2.88. The van der Waals surface area contributed by atoms with Crippen molar-refractivity contribution in [2.75, 3.05) is 13.7 Å². The highest BCUT2D eigenvalue weighted by atomic mass is 32.1. The second kappa shape index (κ2) is 6.38. The summed E-state index contributed by atoms with van der Waals surface area (Å²) < 4.78 is 10.9. The molecule has 106 valence electrons. The number of nitrogens with one attached hydrogen (secondary N) is 2. The molecule has 20 heavy (non-hydrogen) atoms. The molecule has 0 unspecified atom stereocenters. The van der Waals surface area contributed by atoms with E-state index in [1.807, 2.05) is 25.1 Å². The normalized spacial score (nSPS) is 16.0. The largest absolute Gasteiger partial charge is 0.493 e. The van der Waals surface area contributed by atoms with Crippen LogP contribution < -0.4 is 20.1 Å². The first kappa shape index (κ1) is 14.3. The Hall–Kier alpha value is -2.08. The lowest BCUT2D eigenvalue weighted by Crippen LogP contribution is -2.21. The lowest BCUT2D eigenvalue weighted by Gasteiger charge is -2.10. The average molecular weight is 292 g/mol. The summed E-state index contributed by atoms with van der Waals surface area (Å²) in [6.45, 7) is 2.67. The molecule has 2 N–H and O–H groups in total. The summed E-state index contributed by atoms with van der Waals surface area (Å²) in [5.41, 5.74) is 1.24. The molecule has 0 radical (unpaired) electrons. The third-order valence-electron chi connectivity index (χ3n) is 2.68. The first-order valence-corrected chi connectivity index (χ1v) is 6.69. The summed E-state index contributed by atoms with van der Waals surface area (Å²) in [5, 5.41) is 5.63. The van der Waals surface area contributed by atoms with Crippen molar-refractivity contribution in [2.45, 2.75) is 13.3 Å². The van der Waals surface area contributed by atoms with E-state index in [1.165, 1.54) is 0 Å². The van der Waals surface area contributed by atoms with E-state index in [2.05, 4.69) is 10.6 Å². The van der Waals surface area contributed by atoms with Gasteiger partial charge in [0.05, 0.1) is 13.7 Å². The van der Waals surface area contributed by atoms with Gasteiger partial charge in [-0.05, 0) is 42.4 Å². The van der Waals surface area contributed by atoms with Crippen LogP contribution in [0.1, 0.15) is 18.9 Å². The molecule has 1 amide bonds. The Morgan fingerprint density at radius 1 is 1.30 bits per heavy atom. The van der Waals surface area contributed by atoms with E-state index in [1.54, 1.807) is 13.2 Å². The maximum absolute atomic E-state index is 11.6. The van der Waals surface area contributed by atoms with Crippen molar-refractivity contribution in [3.8, 4) is 11.5 Å². The van der Waals surface area contributed by atoms with Gasteiger partial charge in [-0.2, -0.15) is 0 Å². The number of rotatable bonds is 5. The highest BCUT2D eigenvalue weighted by molar-refractivity contribution is 7.80. The molecular weight excluding hydrogens is 276 g/mol. The standard InChI is InChI=1S/C14H16N2O3S/c1-3-6-19-11-5-4-9(8-12(11)18-2)7-10-13(17)16-14(20)15-10/h4-5,7-8H,3,6H2,1-2H3,(H2,15,16,17,20). The van der Waals surface area contributed by atoms with Crippen LogP contribution in [0.3, 0.4) is 0 Å². The molecule has 0 aliphatic carbocycles. The van der Waals surface area contributed by atoms with Gasteiger partial charge in [-0.15, -0.1) is 0 Å². The Labute approximate surface area is 123 Å². The molecule has 1 aliphatic heterocycles. The second-order valence-electron chi connectivity index (χ2n) is 4.23. The van der Waals surface area contributed by atoms with Gasteiger partial charge < -0.3 is 14.8 Å². The van der Waals surface area contributed by atoms with Gasteiger partial charge in [0.15, 0.2) is 16.6 Å². The van der Waals surface area contributed by atoms with Gasteiger partial charge in [0.1, 0.15) is 5.70 Å². The van der Waals surface area contributed by atoms with Gasteiger partial charge in [0.25, 0.3) is 5.91 Å². The maximum atomic E-state index is 11.6. The van der Waals surface area contributed by atoms with E-state index < -0.39 is 0 Å². The Kier molecular flexibility index (Phi) is 4.57. The van der Waals surface area contributed by atoms with Gasteiger partial charge in [0, 0.05) is 0 Å². The van der Waals surface area contributed by atoms with Crippen LogP contribution in [0.15, 0.2) is 23.9 Å². The topological polar surface area (TPSA) is 59.6 Å². The van der Waals surface area contributed by atoms with E-state index in [0.717, 1.165) is 12.0 Å². The van der Waals surface area contributed by atoms with Gasteiger partial charge in [-0.25, -0.2) is 0 Å². The fourth-order valence-corrected chi connectivity index (χ4v) is 1.96. The number of hydrogen-bond donors (Lipinski definition) is 2. The molecule has 1 aromatic carbocycles. The molecule has 1 saturated heterocycles. The van der Waals surface area contributed by atoms with Crippen molar-refractivity contribution >= 4 is 29.3 Å². The molecule has 6 heteroatoms. The minimum atomic E-state index is -0.236. The summed E-state index contributed by atoms with van der Waals surface area (Å²) in [6, 6.07) is 5.50. The predicted molar refractivity (Wildman–Crippen MR) is 80.6 cm³/mol. The summed E-state index contributed by atoms with van der Waals surface area (Å²) in [6.07, 6.45) is 2.64. The number of benzene rings is 1. The summed E-state index contributed by atoms with van der Waals surface area (Å²) in [5.74, 6) is 1.09. The van der Waals surface area contributed by atoms with Crippen molar-refractivity contribution in [3.63, 3.8) is 0 Å². The minimum Gasteiger partial charge on any atom is -0.493 e. The van der Waals surface area contributed by atoms with Crippen LogP contribution in [0.25, 0.3) is 6.08 Å². The fourth-order valence-electron chi connectivity index (χ4n) is 1.75. The molecule has 1 fully saturated rings. The van der Waals surface area contributed by atoms with Crippen LogP contribution in [0, 0.1) is 0 Å². The number of amides is 1. The molecule has 0 spiro atoms. The third kappa shape index (κ3) is 3.27. The molecule has 1 aliphatic rings. The lowest BCUT2D eigenvalue weighted by molar-refractivity contribution is -0.115. The fraction of sp³-hybridized carbons (Fsp3) is 0.286. The van der Waals surface area contributed by atoms with Crippen LogP contribution in [-0.4, -0.2) is 24.7 Å². The SMILES string of the molecule is CCCOc1ccc(C=C2NC(=S)NC2=O)cc1OC. The summed E-state index contributed by atoms with van der Waals surface area (Å²) >= 11 is 4.88. The van der Waals surface area contributed by atoms with E-state index >= 15 is 0 Å². The Morgan fingerprint density at radius 3 is 2.70 bits per heavy atom. The number of carbonyl (C=O) groups excluding carboxylic acids is 1. The molecule has 1 aromatic rings. The van der Waals surface area contributed by atoms with Gasteiger partial charge in [-0.1, -0.05) is 13.0 Å². The zero-order chi connectivity index (χ0) is 14.5. The van der Waals surface area contributed by atoms with Gasteiger partial charge in [-0.3, -0.25) is 10.1 Å². The predicted octanol–water partition coefficient (Wildman–Crippen LogP) is 1.83.